The maximum atomic E-state index is 12.6. The Kier molecular flexibility index (Phi) is 5.19. The second kappa shape index (κ2) is 7.91. The fraction of sp³-hybridized carbons (Fsp3) is 0.409. The number of hydrogen-bond acceptors (Lipinski definition) is 3. The maximum Gasteiger partial charge on any atom is 0.222 e. The molecule has 1 aliphatic heterocycles. The highest BCUT2D eigenvalue weighted by molar-refractivity contribution is 5.77. The van der Waals surface area contributed by atoms with Gasteiger partial charge in [0.2, 0.25) is 5.91 Å². The summed E-state index contributed by atoms with van der Waals surface area (Å²) in [4.78, 5) is 23.7. The van der Waals surface area contributed by atoms with Crippen molar-refractivity contribution >= 4 is 16.9 Å². The molecular formula is C22H26N4O. The van der Waals surface area contributed by atoms with E-state index < -0.39 is 0 Å². The lowest BCUT2D eigenvalue weighted by Crippen LogP contribution is -2.28. The van der Waals surface area contributed by atoms with Crippen LogP contribution in [-0.2, 0) is 17.8 Å². The molecule has 5 heteroatoms. The number of aryl methyl sites for hydroxylation is 2. The molecule has 5 nitrogen and oxygen atoms in total. The zero-order valence-electron chi connectivity index (χ0n) is 15.8. The number of hydrogen-bond donors (Lipinski definition) is 0. The summed E-state index contributed by atoms with van der Waals surface area (Å²) in [6.45, 7) is 4.62. The van der Waals surface area contributed by atoms with Gasteiger partial charge < -0.3 is 9.47 Å². The lowest BCUT2D eigenvalue weighted by Gasteiger charge is -2.17. The van der Waals surface area contributed by atoms with Crippen LogP contribution in [0.1, 0.15) is 43.5 Å². The van der Waals surface area contributed by atoms with Gasteiger partial charge in [-0.15, -0.1) is 0 Å². The summed E-state index contributed by atoms with van der Waals surface area (Å²) in [6.07, 6.45) is 7.15. The van der Waals surface area contributed by atoms with E-state index in [0.29, 0.717) is 12.3 Å². The summed E-state index contributed by atoms with van der Waals surface area (Å²) < 4.78 is 2.25. The van der Waals surface area contributed by atoms with Gasteiger partial charge in [-0.25, -0.2) is 4.98 Å². The Hall–Kier alpha value is -2.69. The summed E-state index contributed by atoms with van der Waals surface area (Å²) in [5, 5.41) is 0. The Bertz CT molecular complexity index is 918. The quantitative estimate of drug-likeness (QED) is 0.670. The Morgan fingerprint density at radius 2 is 2.07 bits per heavy atom. The first-order valence-electron chi connectivity index (χ1n) is 9.88. The number of benzene rings is 1. The highest BCUT2D eigenvalue weighted by atomic mass is 16.2. The van der Waals surface area contributed by atoms with Crippen molar-refractivity contribution in [2.24, 2.45) is 0 Å². The van der Waals surface area contributed by atoms with Gasteiger partial charge in [0.1, 0.15) is 5.82 Å². The Balaban J connectivity index is 1.38. The van der Waals surface area contributed by atoms with Crippen LogP contribution < -0.4 is 0 Å². The van der Waals surface area contributed by atoms with Gasteiger partial charge in [-0.1, -0.05) is 30.3 Å². The molecule has 140 valence electrons. The summed E-state index contributed by atoms with van der Waals surface area (Å²) in [6, 6.07) is 12.3. The average molecular weight is 362 g/mol. The minimum Gasteiger partial charge on any atom is -0.342 e. The molecule has 2 aromatic heterocycles. The molecule has 4 rings (SSSR count). The summed E-state index contributed by atoms with van der Waals surface area (Å²) in [7, 11) is 0. The number of aromatic nitrogens is 3. The molecular weight excluding hydrogens is 336 g/mol. The van der Waals surface area contributed by atoms with Gasteiger partial charge in [-0.2, -0.15) is 0 Å². The summed E-state index contributed by atoms with van der Waals surface area (Å²) >= 11 is 0. The van der Waals surface area contributed by atoms with Crippen molar-refractivity contribution in [2.45, 2.75) is 45.1 Å². The zero-order valence-corrected chi connectivity index (χ0v) is 15.8. The molecule has 1 unspecified atom stereocenters. The second-order valence-corrected chi connectivity index (χ2v) is 7.24. The van der Waals surface area contributed by atoms with Gasteiger partial charge in [-0.3, -0.25) is 9.78 Å². The van der Waals surface area contributed by atoms with E-state index in [0.717, 1.165) is 55.8 Å². The van der Waals surface area contributed by atoms with E-state index in [-0.39, 0.29) is 5.91 Å². The van der Waals surface area contributed by atoms with Crippen molar-refractivity contribution in [1.29, 1.82) is 0 Å². The molecule has 1 saturated heterocycles. The third-order valence-corrected chi connectivity index (χ3v) is 5.50. The van der Waals surface area contributed by atoms with Crippen LogP contribution in [0.15, 0.2) is 48.8 Å². The predicted octanol–water partition coefficient (Wildman–Crippen LogP) is 3.79. The van der Waals surface area contributed by atoms with Gasteiger partial charge in [0.25, 0.3) is 0 Å². The third kappa shape index (κ3) is 3.72. The zero-order chi connectivity index (χ0) is 18.6. The van der Waals surface area contributed by atoms with Crippen molar-refractivity contribution in [2.75, 3.05) is 13.1 Å². The average Bonchev–Trinajstić information content (AvgIpc) is 3.33. The van der Waals surface area contributed by atoms with Crippen molar-refractivity contribution < 1.29 is 4.79 Å². The lowest BCUT2D eigenvalue weighted by molar-refractivity contribution is -0.130. The number of likely N-dealkylation sites (tertiary alicyclic amines) is 1. The molecule has 0 N–H and O–H groups in total. The number of amides is 1. The van der Waals surface area contributed by atoms with Crippen LogP contribution in [-0.4, -0.2) is 38.4 Å². The summed E-state index contributed by atoms with van der Waals surface area (Å²) in [5.74, 6) is 1.68. The number of carbonyl (C=O) groups is 1. The number of pyridine rings is 1. The van der Waals surface area contributed by atoms with Gasteiger partial charge >= 0.3 is 0 Å². The molecule has 1 aromatic carbocycles. The molecule has 0 spiro atoms. The highest BCUT2D eigenvalue weighted by Crippen LogP contribution is 2.29. The fourth-order valence-electron chi connectivity index (χ4n) is 4.08. The van der Waals surface area contributed by atoms with E-state index in [2.05, 4.69) is 40.7 Å². The number of carbonyl (C=O) groups excluding carboxylic acids is 1. The van der Waals surface area contributed by atoms with Gasteiger partial charge in [-0.05, 0) is 37.8 Å². The third-order valence-electron chi connectivity index (χ3n) is 5.50. The Labute approximate surface area is 160 Å². The van der Waals surface area contributed by atoms with Gasteiger partial charge in [0.05, 0.1) is 17.2 Å². The molecule has 0 bridgehead atoms. The number of imidazole rings is 1. The Morgan fingerprint density at radius 3 is 2.89 bits per heavy atom. The van der Waals surface area contributed by atoms with Crippen LogP contribution in [0, 0.1) is 0 Å². The minimum atomic E-state index is 0.272. The van der Waals surface area contributed by atoms with Crippen molar-refractivity contribution in [3.63, 3.8) is 0 Å². The van der Waals surface area contributed by atoms with E-state index in [1.54, 1.807) is 6.20 Å². The highest BCUT2D eigenvalue weighted by Gasteiger charge is 2.30. The molecule has 0 aliphatic carbocycles. The largest absolute Gasteiger partial charge is 0.342 e. The molecule has 3 aromatic rings. The number of fused-ring (bicyclic) bond motifs is 1. The van der Waals surface area contributed by atoms with E-state index in [1.165, 1.54) is 5.56 Å². The van der Waals surface area contributed by atoms with E-state index in [4.69, 9.17) is 4.98 Å². The standard InChI is InChI=1S/C22H26N4O/c1-2-26-20-15-23-13-11-19(20)24-22(26)18-12-14-25(16-18)21(27)10-6-9-17-7-4-3-5-8-17/h3-5,7-8,11,13,15,18H,2,6,9-10,12,14,16H2,1H3. The minimum absolute atomic E-state index is 0.272. The molecule has 27 heavy (non-hydrogen) atoms. The first-order chi connectivity index (χ1) is 13.3. The first-order valence-corrected chi connectivity index (χ1v) is 9.88. The normalized spacial score (nSPS) is 16.9. The van der Waals surface area contributed by atoms with Crippen molar-refractivity contribution in [3.8, 4) is 0 Å². The van der Waals surface area contributed by atoms with Crippen molar-refractivity contribution in [3.05, 3.63) is 60.2 Å². The van der Waals surface area contributed by atoms with E-state index >= 15 is 0 Å². The lowest BCUT2D eigenvalue weighted by atomic mass is 10.1. The van der Waals surface area contributed by atoms with E-state index in [9.17, 15) is 4.79 Å². The van der Waals surface area contributed by atoms with Gasteiger partial charge in [0, 0.05) is 38.2 Å². The van der Waals surface area contributed by atoms with Crippen LogP contribution in [0.2, 0.25) is 0 Å². The number of rotatable bonds is 6. The predicted molar refractivity (Wildman–Crippen MR) is 107 cm³/mol. The summed E-state index contributed by atoms with van der Waals surface area (Å²) in [5.41, 5.74) is 3.38. The van der Waals surface area contributed by atoms with Crippen LogP contribution in [0.4, 0.5) is 0 Å². The maximum absolute atomic E-state index is 12.6. The molecule has 1 aliphatic rings. The van der Waals surface area contributed by atoms with Crippen LogP contribution in [0.3, 0.4) is 0 Å². The smallest absolute Gasteiger partial charge is 0.222 e. The molecule has 1 atom stereocenters. The fourth-order valence-corrected chi connectivity index (χ4v) is 4.08. The van der Waals surface area contributed by atoms with E-state index in [1.807, 2.05) is 23.2 Å². The Morgan fingerprint density at radius 1 is 1.22 bits per heavy atom. The number of nitrogens with zero attached hydrogens (tertiary/aromatic N) is 4. The second-order valence-electron chi connectivity index (χ2n) is 7.24. The van der Waals surface area contributed by atoms with Crippen LogP contribution >= 0.6 is 0 Å². The van der Waals surface area contributed by atoms with Crippen LogP contribution in [0.25, 0.3) is 11.0 Å². The molecule has 0 radical (unpaired) electrons. The molecule has 1 amide bonds. The molecule has 3 heterocycles. The molecule has 0 saturated carbocycles. The molecule has 1 fully saturated rings. The van der Waals surface area contributed by atoms with Crippen molar-refractivity contribution in [1.82, 2.24) is 19.4 Å². The SMILES string of the molecule is CCn1c(C2CCN(C(=O)CCCc3ccccc3)C2)nc2ccncc21. The van der Waals surface area contributed by atoms with Crippen LogP contribution in [0.5, 0.6) is 0 Å². The first kappa shape index (κ1) is 17.7. The monoisotopic (exact) mass is 362 g/mol. The van der Waals surface area contributed by atoms with Gasteiger partial charge in [0.15, 0.2) is 0 Å². The topological polar surface area (TPSA) is 51.0 Å².